The van der Waals surface area contributed by atoms with Gasteiger partial charge in [-0.15, -0.1) is 4.72 Å². The molecule has 1 unspecified atom stereocenters. The van der Waals surface area contributed by atoms with E-state index in [2.05, 4.69) is 15.0 Å². The first-order valence-corrected chi connectivity index (χ1v) is 7.25. The molecule has 1 aromatic rings. The SMILES string of the molecule is CCN[S+]([O-])C(C)(C)C(=O)Nc1cccc(C(F)(F)F)n1. The van der Waals surface area contributed by atoms with Crippen molar-refractivity contribution in [2.45, 2.75) is 31.7 Å². The minimum Gasteiger partial charge on any atom is -0.597 e. The number of rotatable bonds is 5. The van der Waals surface area contributed by atoms with Crippen LogP contribution in [0.3, 0.4) is 0 Å². The standard InChI is InChI=1S/C12H16F3N3O2S/c1-4-16-21(20)11(2,3)10(19)18-9-7-5-6-8(17-9)12(13,14)15/h5-7,16H,4H2,1-3H3,(H,17,18,19). The number of alkyl halides is 3. The van der Waals surface area contributed by atoms with Crippen molar-refractivity contribution in [1.29, 1.82) is 0 Å². The third-order valence-electron chi connectivity index (χ3n) is 2.57. The van der Waals surface area contributed by atoms with Crippen LogP contribution in [-0.4, -0.2) is 26.7 Å². The summed E-state index contributed by atoms with van der Waals surface area (Å²) >= 11 is -1.67. The van der Waals surface area contributed by atoms with Gasteiger partial charge in [-0.1, -0.05) is 6.07 Å². The van der Waals surface area contributed by atoms with Crippen molar-refractivity contribution < 1.29 is 22.5 Å². The van der Waals surface area contributed by atoms with Gasteiger partial charge in [0.05, 0.1) is 11.4 Å². The van der Waals surface area contributed by atoms with E-state index in [0.717, 1.165) is 12.1 Å². The highest BCUT2D eigenvalue weighted by Gasteiger charge is 2.41. The molecule has 118 valence electrons. The molecule has 0 aromatic carbocycles. The van der Waals surface area contributed by atoms with Gasteiger partial charge >= 0.3 is 6.18 Å². The molecule has 0 aliphatic carbocycles. The largest absolute Gasteiger partial charge is 0.597 e. The summed E-state index contributed by atoms with van der Waals surface area (Å²) in [5.41, 5.74) is -1.11. The minimum atomic E-state index is -4.59. The summed E-state index contributed by atoms with van der Waals surface area (Å²) in [4.78, 5) is 15.4. The summed E-state index contributed by atoms with van der Waals surface area (Å²) in [6, 6.07) is 3.18. The zero-order valence-electron chi connectivity index (χ0n) is 11.7. The van der Waals surface area contributed by atoms with Crippen LogP contribution in [0.25, 0.3) is 0 Å². The molecule has 0 saturated heterocycles. The van der Waals surface area contributed by atoms with Crippen molar-refractivity contribution >= 4 is 23.1 Å². The number of carbonyl (C=O) groups excluding carboxylic acids is 1. The molecule has 1 heterocycles. The Balaban J connectivity index is 2.88. The highest BCUT2D eigenvalue weighted by molar-refractivity contribution is 7.91. The zero-order chi connectivity index (χ0) is 16.3. The Labute approximate surface area is 123 Å². The van der Waals surface area contributed by atoms with Crippen LogP contribution in [0, 0.1) is 0 Å². The molecule has 1 rings (SSSR count). The molecule has 21 heavy (non-hydrogen) atoms. The Kier molecular flexibility index (Phi) is 5.60. The number of hydrogen-bond acceptors (Lipinski definition) is 4. The number of anilines is 1. The van der Waals surface area contributed by atoms with Gasteiger partial charge in [0.1, 0.15) is 11.5 Å². The van der Waals surface area contributed by atoms with Crippen molar-refractivity contribution in [3.05, 3.63) is 23.9 Å². The van der Waals surface area contributed by atoms with Crippen LogP contribution in [0.2, 0.25) is 0 Å². The van der Waals surface area contributed by atoms with Gasteiger partial charge in [0.2, 0.25) is 4.75 Å². The van der Waals surface area contributed by atoms with Gasteiger partial charge in [0.25, 0.3) is 5.91 Å². The van der Waals surface area contributed by atoms with Crippen LogP contribution in [0.1, 0.15) is 26.5 Å². The summed E-state index contributed by atoms with van der Waals surface area (Å²) < 4.78 is 50.7. The molecular formula is C12H16F3N3O2S. The van der Waals surface area contributed by atoms with E-state index in [0.29, 0.717) is 6.54 Å². The molecule has 2 N–H and O–H groups in total. The van der Waals surface area contributed by atoms with E-state index in [1.807, 2.05) is 0 Å². The number of aromatic nitrogens is 1. The average molecular weight is 323 g/mol. The van der Waals surface area contributed by atoms with E-state index in [9.17, 15) is 22.5 Å². The van der Waals surface area contributed by atoms with Gasteiger partial charge in [-0.25, -0.2) is 4.98 Å². The van der Waals surface area contributed by atoms with Gasteiger partial charge in [-0.05, 0) is 32.9 Å². The molecule has 0 aliphatic rings. The Morgan fingerprint density at radius 3 is 2.52 bits per heavy atom. The summed E-state index contributed by atoms with van der Waals surface area (Å²) in [7, 11) is 0. The topological polar surface area (TPSA) is 77.1 Å². The van der Waals surface area contributed by atoms with Crippen LogP contribution in [0.15, 0.2) is 18.2 Å². The lowest BCUT2D eigenvalue weighted by atomic mass is 10.2. The number of amides is 1. The quantitative estimate of drug-likeness (QED) is 0.814. The third-order valence-corrected chi connectivity index (χ3v) is 4.23. The monoisotopic (exact) mass is 323 g/mol. The lowest BCUT2D eigenvalue weighted by Gasteiger charge is -2.26. The van der Waals surface area contributed by atoms with E-state index in [-0.39, 0.29) is 5.82 Å². The second-order valence-corrected chi connectivity index (χ2v) is 6.48. The highest BCUT2D eigenvalue weighted by Crippen LogP contribution is 2.28. The fourth-order valence-electron chi connectivity index (χ4n) is 1.32. The van der Waals surface area contributed by atoms with Gasteiger partial charge in [-0.2, -0.15) is 13.2 Å². The second kappa shape index (κ2) is 6.63. The Morgan fingerprint density at radius 2 is 2.00 bits per heavy atom. The van der Waals surface area contributed by atoms with Crippen LogP contribution < -0.4 is 10.0 Å². The lowest BCUT2D eigenvalue weighted by molar-refractivity contribution is -0.141. The average Bonchev–Trinajstić information content (AvgIpc) is 2.38. The van der Waals surface area contributed by atoms with E-state index in [1.54, 1.807) is 6.92 Å². The first-order valence-electron chi connectivity index (χ1n) is 6.10. The van der Waals surface area contributed by atoms with E-state index in [4.69, 9.17) is 0 Å². The molecule has 0 spiro atoms. The fourth-order valence-corrected chi connectivity index (χ4v) is 2.17. The number of nitrogens with zero attached hydrogens (tertiary/aromatic N) is 1. The van der Waals surface area contributed by atoms with Crippen LogP contribution in [0.5, 0.6) is 0 Å². The van der Waals surface area contributed by atoms with E-state index in [1.165, 1.54) is 19.9 Å². The maximum Gasteiger partial charge on any atom is 0.433 e. The van der Waals surface area contributed by atoms with Crippen molar-refractivity contribution in [1.82, 2.24) is 9.71 Å². The molecule has 0 fully saturated rings. The van der Waals surface area contributed by atoms with Crippen LogP contribution in [-0.2, 0) is 22.3 Å². The smallest absolute Gasteiger partial charge is 0.433 e. The number of carbonyl (C=O) groups is 1. The molecule has 1 atom stereocenters. The third kappa shape index (κ3) is 4.58. The molecule has 1 amide bonds. The number of nitrogens with one attached hydrogen (secondary N) is 2. The van der Waals surface area contributed by atoms with Crippen LogP contribution in [0.4, 0.5) is 19.0 Å². The van der Waals surface area contributed by atoms with Gasteiger partial charge in [0, 0.05) is 6.54 Å². The van der Waals surface area contributed by atoms with Gasteiger partial charge < -0.3 is 9.87 Å². The molecule has 0 saturated carbocycles. The van der Waals surface area contributed by atoms with E-state index < -0.39 is 33.9 Å². The van der Waals surface area contributed by atoms with Gasteiger partial charge in [0.15, 0.2) is 0 Å². The lowest BCUT2D eigenvalue weighted by Crippen LogP contribution is -2.50. The van der Waals surface area contributed by atoms with Crippen molar-refractivity contribution in [3.63, 3.8) is 0 Å². The molecule has 0 aliphatic heterocycles. The van der Waals surface area contributed by atoms with E-state index >= 15 is 0 Å². The number of pyridine rings is 1. The Hall–Kier alpha value is -1.32. The predicted octanol–water partition coefficient (Wildman–Crippen LogP) is 2.09. The summed E-state index contributed by atoms with van der Waals surface area (Å²) in [6.45, 7) is 4.97. The Morgan fingerprint density at radius 1 is 1.38 bits per heavy atom. The summed E-state index contributed by atoms with van der Waals surface area (Å²) in [6.07, 6.45) is -4.59. The molecule has 9 heteroatoms. The van der Waals surface area contributed by atoms with Crippen molar-refractivity contribution in [2.24, 2.45) is 0 Å². The summed E-state index contributed by atoms with van der Waals surface area (Å²) in [5.74, 6) is -0.926. The first kappa shape index (κ1) is 17.7. The first-order chi connectivity index (χ1) is 9.59. The molecule has 1 aromatic heterocycles. The van der Waals surface area contributed by atoms with Crippen LogP contribution >= 0.6 is 0 Å². The molecule has 0 radical (unpaired) electrons. The zero-order valence-corrected chi connectivity index (χ0v) is 12.6. The Bertz CT molecular complexity index is 509. The second-order valence-electron chi connectivity index (χ2n) is 4.64. The number of halogens is 3. The molecule has 0 bridgehead atoms. The highest BCUT2D eigenvalue weighted by atomic mass is 32.2. The summed E-state index contributed by atoms with van der Waals surface area (Å²) in [5, 5.41) is 2.25. The minimum absolute atomic E-state index is 0.239. The van der Waals surface area contributed by atoms with Crippen molar-refractivity contribution in [2.75, 3.05) is 11.9 Å². The number of hydrogen-bond donors (Lipinski definition) is 2. The molecular weight excluding hydrogens is 307 g/mol. The molecule has 5 nitrogen and oxygen atoms in total. The fraction of sp³-hybridized carbons (Fsp3) is 0.500. The van der Waals surface area contributed by atoms with Gasteiger partial charge in [-0.3, -0.25) is 4.79 Å². The normalized spacial score (nSPS) is 13.9. The van der Waals surface area contributed by atoms with Crippen molar-refractivity contribution in [3.8, 4) is 0 Å². The maximum atomic E-state index is 12.5. The maximum absolute atomic E-state index is 12.5. The predicted molar refractivity (Wildman–Crippen MR) is 73.8 cm³/mol.